The first-order chi connectivity index (χ1) is 12.0. The number of alkyl halides is 3. The Hall–Kier alpha value is -2.69. The Morgan fingerprint density at radius 2 is 1.73 bits per heavy atom. The predicted octanol–water partition coefficient (Wildman–Crippen LogP) is 3.59. The maximum Gasteiger partial charge on any atom is 0.573 e. The summed E-state index contributed by atoms with van der Waals surface area (Å²) in [7, 11) is -1.04. The van der Waals surface area contributed by atoms with E-state index in [1.54, 1.807) is 14.1 Å². The largest absolute Gasteiger partial charge is 0.573 e. The minimum absolute atomic E-state index is 0.0746. The molecule has 26 heavy (non-hydrogen) atoms. The van der Waals surface area contributed by atoms with Gasteiger partial charge in [-0.2, -0.15) is 0 Å². The quantitative estimate of drug-likeness (QED) is 0.726. The highest BCUT2D eigenvalue weighted by Crippen LogP contribution is 2.33. The molecule has 0 saturated carbocycles. The lowest BCUT2D eigenvalue weighted by atomic mass is 10.3. The first kappa shape index (κ1) is 19.6. The van der Waals surface area contributed by atoms with Crippen molar-refractivity contribution in [1.82, 2.24) is 4.98 Å². The third-order valence-electron chi connectivity index (χ3n) is 3.31. The Morgan fingerprint density at radius 3 is 2.19 bits per heavy atom. The van der Waals surface area contributed by atoms with E-state index in [0.29, 0.717) is 0 Å². The minimum atomic E-state index is -4.89. The van der Waals surface area contributed by atoms with Crippen molar-refractivity contribution in [3.63, 3.8) is 0 Å². The van der Waals surface area contributed by atoms with Crippen LogP contribution in [-0.4, -0.2) is 33.9 Å². The van der Waals surface area contributed by atoms with Gasteiger partial charge in [0.2, 0.25) is 9.84 Å². The molecule has 2 aromatic rings. The van der Waals surface area contributed by atoms with Gasteiger partial charge in [0, 0.05) is 14.1 Å². The van der Waals surface area contributed by atoms with E-state index in [4.69, 9.17) is 0 Å². The molecule has 0 fully saturated rings. The van der Waals surface area contributed by atoms with Crippen LogP contribution >= 0.6 is 0 Å². The molecule has 1 aromatic carbocycles. The molecule has 0 spiro atoms. The number of nitrogens with zero attached hydrogens (tertiary/aromatic N) is 3. The van der Waals surface area contributed by atoms with Crippen LogP contribution in [0, 0.1) is 11.8 Å². The van der Waals surface area contributed by atoms with Gasteiger partial charge in [-0.25, -0.2) is 13.4 Å². The standard InChI is InChI=1S/C15H14F3N3O4S/c1-9-12(20-22)8-13(14(19-9)21(2)3)26(23,24)11-6-4-10(5-7-11)25-15(16,17)18/h4-8H,1-3H3. The van der Waals surface area contributed by atoms with Gasteiger partial charge in [0.1, 0.15) is 22.2 Å². The molecule has 0 aliphatic rings. The van der Waals surface area contributed by atoms with E-state index in [9.17, 15) is 26.5 Å². The Labute approximate surface area is 147 Å². The number of hydrogen-bond donors (Lipinski definition) is 0. The first-order valence-electron chi connectivity index (χ1n) is 7.09. The van der Waals surface area contributed by atoms with Gasteiger partial charge in [-0.1, -0.05) is 0 Å². The second-order valence-corrected chi connectivity index (χ2v) is 7.34. The van der Waals surface area contributed by atoms with Gasteiger partial charge in [-0.15, -0.1) is 18.1 Å². The number of pyridine rings is 1. The fraction of sp³-hybridized carbons (Fsp3) is 0.267. The number of sulfone groups is 1. The van der Waals surface area contributed by atoms with Crippen LogP contribution in [0.25, 0.3) is 0 Å². The number of aryl methyl sites for hydroxylation is 1. The second kappa shape index (κ2) is 6.90. The Bertz CT molecular complexity index is 926. The molecule has 140 valence electrons. The summed E-state index contributed by atoms with van der Waals surface area (Å²) < 4.78 is 66.1. The van der Waals surface area contributed by atoms with Crippen molar-refractivity contribution in [2.75, 3.05) is 19.0 Å². The predicted molar refractivity (Wildman–Crippen MR) is 87.3 cm³/mol. The van der Waals surface area contributed by atoms with Crippen molar-refractivity contribution >= 4 is 21.3 Å². The summed E-state index contributed by atoms with van der Waals surface area (Å²) in [6, 6.07) is 4.81. The lowest BCUT2D eigenvalue weighted by Gasteiger charge is -2.17. The van der Waals surface area contributed by atoms with Gasteiger partial charge in [0.25, 0.3) is 0 Å². The monoisotopic (exact) mass is 389 g/mol. The number of halogens is 3. The minimum Gasteiger partial charge on any atom is -0.406 e. The van der Waals surface area contributed by atoms with Crippen molar-refractivity contribution in [3.05, 3.63) is 40.9 Å². The second-order valence-electron chi connectivity index (χ2n) is 5.42. The van der Waals surface area contributed by atoms with Crippen LogP contribution in [0.3, 0.4) is 0 Å². The van der Waals surface area contributed by atoms with E-state index in [-0.39, 0.29) is 27.0 Å². The summed E-state index contributed by atoms with van der Waals surface area (Å²) in [6.07, 6.45) is -4.89. The molecule has 0 radical (unpaired) electrons. The molecular formula is C15H14F3N3O4S. The lowest BCUT2D eigenvalue weighted by molar-refractivity contribution is -0.274. The molecule has 0 aliphatic carbocycles. The first-order valence-corrected chi connectivity index (χ1v) is 8.57. The molecule has 2 rings (SSSR count). The number of anilines is 1. The van der Waals surface area contributed by atoms with Crippen molar-refractivity contribution in [1.29, 1.82) is 0 Å². The summed E-state index contributed by atoms with van der Waals surface area (Å²) in [5.74, 6) is -0.480. The number of ether oxygens (including phenoxy) is 1. The van der Waals surface area contributed by atoms with Crippen LogP contribution in [0.15, 0.2) is 45.3 Å². The smallest absolute Gasteiger partial charge is 0.406 e. The summed E-state index contributed by atoms with van der Waals surface area (Å²) in [4.78, 5) is 15.8. The molecule has 0 atom stereocenters. The third-order valence-corrected chi connectivity index (χ3v) is 5.08. The number of hydrogen-bond acceptors (Lipinski definition) is 7. The van der Waals surface area contributed by atoms with Gasteiger partial charge in [0.15, 0.2) is 0 Å². The topological polar surface area (TPSA) is 88.9 Å². The highest BCUT2D eigenvalue weighted by molar-refractivity contribution is 7.91. The van der Waals surface area contributed by atoms with E-state index in [2.05, 4.69) is 14.9 Å². The zero-order valence-corrected chi connectivity index (χ0v) is 14.7. The van der Waals surface area contributed by atoms with Crippen molar-refractivity contribution in [2.24, 2.45) is 5.18 Å². The molecule has 0 N–H and O–H groups in total. The SMILES string of the molecule is Cc1nc(N(C)C)c(S(=O)(=O)c2ccc(OC(F)(F)F)cc2)cc1N=O. The molecule has 0 unspecified atom stereocenters. The Kier molecular flexibility index (Phi) is 5.21. The normalized spacial score (nSPS) is 11.9. The van der Waals surface area contributed by atoms with Crippen molar-refractivity contribution in [2.45, 2.75) is 23.1 Å². The van der Waals surface area contributed by atoms with E-state index in [0.717, 1.165) is 30.3 Å². The van der Waals surface area contributed by atoms with E-state index < -0.39 is 21.9 Å². The molecule has 0 bridgehead atoms. The lowest BCUT2D eigenvalue weighted by Crippen LogP contribution is -2.17. The molecule has 7 nitrogen and oxygen atoms in total. The fourth-order valence-electron chi connectivity index (χ4n) is 2.12. The maximum absolute atomic E-state index is 12.9. The summed E-state index contributed by atoms with van der Waals surface area (Å²) >= 11 is 0. The number of rotatable bonds is 5. The van der Waals surface area contributed by atoms with Crippen LogP contribution in [-0.2, 0) is 9.84 Å². The number of nitroso groups, excluding NO2 is 1. The Morgan fingerprint density at radius 1 is 1.15 bits per heavy atom. The Balaban J connectivity index is 2.55. The average Bonchev–Trinajstić information content (AvgIpc) is 2.53. The van der Waals surface area contributed by atoms with E-state index in [1.165, 1.54) is 11.8 Å². The highest BCUT2D eigenvalue weighted by Gasteiger charge is 2.31. The van der Waals surface area contributed by atoms with Crippen LogP contribution in [0.2, 0.25) is 0 Å². The van der Waals surface area contributed by atoms with Crippen LogP contribution in [0.4, 0.5) is 24.7 Å². The van der Waals surface area contributed by atoms with E-state index >= 15 is 0 Å². The summed E-state index contributed by atoms with van der Waals surface area (Å²) in [5.41, 5.74) is 0.0998. The van der Waals surface area contributed by atoms with Crippen LogP contribution in [0.5, 0.6) is 5.75 Å². The third kappa shape index (κ3) is 4.10. The number of benzene rings is 1. The molecule has 1 aromatic heterocycles. The van der Waals surface area contributed by atoms with Gasteiger partial charge >= 0.3 is 6.36 Å². The molecule has 1 heterocycles. The summed E-state index contributed by atoms with van der Waals surface area (Å²) in [5, 5.41) is 2.75. The molecule has 0 saturated heterocycles. The maximum atomic E-state index is 12.9. The molecule has 0 aliphatic heterocycles. The average molecular weight is 389 g/mol. The van der Waals surface area contributed by atoms with E-state index in [1.807, 2.05) is 0 Å². The van der Waals surface area contributed by atoms with Crippen molar-refractivity contribution in [3.8, 4) is 5.75 Å². The molecule has 0 amide bonds. The van der Waals surface area contributed by atoms with Gasteiger partial charge < -0.3 is 9.64 Å². The zero-order chi connectivity index (χ0) is 19.7. The highest BCUT2D eigenvalue weighted by atomic mass is 32.2. The molecular weight excluding hydrogens is 375 g/mol. The molecule has 11 heteroatoms. The van der Waals surface area contributed by atoms with Crippen LogP contribution < -0.4 is 9.64 Å². The summed E-state index contributed by atoms with van der Waals surface area (Å²) in [6.45, 7) is 1.50. The fourth-order valence-corrected chi connectivity index (χ4v) is 3.61. The van der Waals surface area contributed by atoms with Gasteiger partial charge in [0.05, 0.1) is 10.6 Å². The zero-order valence-electron chi connectivity index (χ0n) is 13.9. The number of aromatic nitrogens is 1. The van der Waals surface area contributed by atoms with Gasteiger partial charge in [-0.05, 0) is 42.4 Å². The van der Waals surface area contributed by atoms with Crippen molar-refractivity contribution < 1.29 is 26.3 Å². The van der Waals surface area contributed by atoms with Crippen LogP contribution in [0.1, 0.15) is 5.69 Å². The van der Waals surface area contributed by atoms with Gasteiger partial charge in [-0.3, -0.25) is 0 Å².